The molecule has 3 aromatic rings. The standard InChI is InChI=1S/C20H23FN4O.ClH/c1-14(26)12-25(10-9-22-2)20-11-19(23-13-24-20)17-7-8-18(21)16-6-4-3-5-15(16)17;/h3-8,11,13-14,22,26H,9-10,12H2,1-2H3;1H. The zero-order valence-corrected chi connectivity index (χ0v) is 16.2. The largest absolute Gasteiger partial charge is 0.392 e. The normalized spacial score (nSPS) is 11.9. The molecule has 0 saturated carbocycles. The van der Waals surface area contributed by atoms with Gasteiger partial charge in [-0.1, -0.05) is 24.3 Å². The third-order valence-corrected chi connectivity index (χ3v) is 4.24. The van der Waals surface area contributed by atoms with Gasteiger partial charge in [0.2, 0.25) is 0 Å². The van der Waals surface area contributed by atoms with Crippen LogP contribution < -0.4 is 10.2 Å². The van der Waals surface area contributed by atoms with Crippen molar-refractivity contribution >= 4 is 29.0 Å². The van der Waals surface area contributed by atoms with Gasteiger partial charge in [0.05, 0.1) is 11.8 Å². The predicted molar refractivity (Wildman–Crippen MR) is 110 cm³/mol. The summed E-state index contributed by atoms with van der Waals surface area (Å²) in [7, 11) is 1.89. The Hall–Kier alpha value is -2.28. The van der Waals surface area contributed by atoms with E-state index in [0.29, 0.717) is 18.5 Å². The van der Waals surface area contributed by atoms with Crippen LogP contribution in [0.5, 0.6) is 0 Å². The zero-order chi connectivity index (χ0) is 18.5. The van der Waals surface area contributed by atoms with Crippen LogP contribution in [-0.2, 0) is 0 Å². The van der Waals surface area contributed by atoms with Crippen LogP contribution in [0.4, 0.5) is 10.2 Å². The SMILES string of the molecule is CNCCN(CC(C)O)c1cc(-c2ccc(F)c3ccccc23)ncn1.Cl. The molecule has 0 saturated heterocycles. The highest BCUT2D eigenvalue weighted by Crippen LogP contribution is 2.30. The van der Waals surface area contributed by atoms with Crippen LogP contribution in [-0.4, -0.2) is 47.9 Å². The number of aliphatic hydroxyl groups is 1. The molecule has 1 atom stereocenters. The third-order valence-electron chi connectivity index (χ3n) is 4.24. The number of benzene rings is 2. The maximum atomic E-state index is 14.1. The van der Waals surface area contributed by atoms with E-state index in [0.717, 1.165) is 29.0 Å². The average molecular weight is 391 g/mol. The lowest BCUT2D eigenvalue weighted by Gasteiger charge is -2.25. The summed E-state index contributed by atoms with van der Waals surface area (Å²) < 4.78 is 14.1. The van der Waals surface area contributed by atoms with E-state index in [2.05, 4.69) is 15.3 Å². The van der Waals surface area contributed by atoms with E-state index in [9.17, 15) is 9.50 Å². The molecule has 5 nitrogen and oxygen atoms in total. The second kappa shape index (κ2) is 9.60. The fourth-order valence-electron chi connectivity index (χ4n) is 3.02. The molecule has 2 N–H and O–H groups in total. The molecule has 2 aromatic carbocycles. The molecule has 1 aromatic heterocycles. The Morgan fingerprint density at radius 1 is 1.15 bits per heavy atom. The highest BCUT2D eigenvalue weighted by atomic mass is 35.5. The maximum Gasteiger partial charge on any atom is 0.132 e. The number of hydrogen-bond donors (Lipinski definition) is 2. The Morgan fingerprint density at radius 3 is 2.59 bits per heavy atom. The smallest absolute Gasteiger partial charge is 0.132 e. The second-order valence-electron chi connectivity index (χ2n) is 6.30. The van der Waals surface area contributed by atoms with E-state index in [1.54, 1.807) is 19.1 Å². The number of hydrogen-bond acceptors (Lipinski definition) is 5. The average Bonchev–Trinajstić information content (AvgIpc) is 2.65. The van der Waals surface area contributed by atoms with Gasteiger partial charge >= 0.3 is 0 Å². The first-order chi connectivity index (χ1) is 12.6. The van der Waals surface area contributed by atoms with Crippen LogP contribution in [0.25, 0.3) is 22.0 Å². The summed E-state index contributed by atoms with van der Waals surface area (Å²) in [5.41, 5.74) is 1.59. The number of nitrogens with one attached hydrogen (secondary N) is 1. The van der Waals surface area contributed by atoms with Gasteiger partial charge in [-0.15, -0.1) is 12.4 Å². The summed E-state index contributed by atoms with van der Waals surface area (Å²) in [4.78, 5) is 10.8. The number of rotatable bonds is 7. The second-order valence-corrected chi connectivity index (χ2v) is 6.30. The van der Waals surface area contributed by atoms with Crippen molar-refractivity contribution in [2.24, 2.45) is 0 Å². The van der Waals surface area contributed by atoms with Crippen LogP contribution in [0.15, 0.2) is 48.8 Å². The van der Waals surface area contributed by atoms with Gasteiger partial charge in [0.25, 0.3) is 0 Å². The van der Waals surface area contributed by atoms with Crippen molar-refractivity contribution in [1.82, 2.24) is 15.3 Å². The lowest BCUT2D eigenvalue weighted by Crippen LogP contribution is -2.36. The summed E-state index contributed by atoms with van der Waals surface area (Å²) in [6.45, 7) is 3.71. The molecule has 3 rings (SSSR count). The molecule has 1 heterocycles. The quantitative estimate of drug-likeness (QED) is 0.648. The molecule has 0 fully saturated rings. The highest BCUT2D eigenvalue weighted by Gasteiger charge is 2.14. The van der Waals surface area contributed by atoms with Crippen LogP contribution in [0, 0.1) is 5.82 Å². The van der Waals surface area contributed by atoms with Gasteiger partial charge in [-0.2, -0.15) is 0 Å². The Labute approximate surface area is 164 Å². The van der Waals surface area contributed by atoms with Crippen molar-refractivity contribution in [2.45, 2.75) is 13.0 Å². The van der Waals surface area contributed by atoms with Crippen LogP contribution in [0.1, 0.15) is 6.92 Å². The number of halogens is 2. The van der Waals surface area contributed by atoms with Crippen LogP contribution in [0.2, 0.25) is 0 Å². The Kier molecular flexibility index (Phi) is 7.47. The van der Waals surface area contributed by atoms with Crippen molar-refractivity contribution in [2.75, 3.05) is 31.6 Å². The first kappa shape index (κ1) is 21.0. The molecular weight excluding hydrogens is 367 g/mol. The van der Waals surface area contributed by atoms with Gasteiger partial charge in [0, 0.05) is 36.7 Å². The first-order valence-electron chi connectivity index (χ1n) is 8.67. The molecule has 0 aliphatic rings. The monoisotopic (exact) mass is 390 g/mol. The van der Waals surface area contributed by atoms with E-state index in [1.165, 1.54) is 12.4 Å². The summed E-state index contributed by atoms with van der Waals surface area (Å²) in [6.07, 6.45) is 1.04. The number of aliphatic hydroxyl groups excluding tert-OH is 1. The summed E-state index contributed by atoms with van der Waals surface area (Å²) in [5, 5.41) is 14.3. The van der Waals surface area contributed by atoms with Gasteiger partial charge in [-0.05, 0) is 31.5 Å². The van der Waals surface area contributed by atoms with Crippen molar-refractivity contribution in [3.8, 4) is 11.3 Å². The summed E-state index contributed by atoms with van der Waals surface area (Å²) in [6, 6.07) is 12.5. The van der Waals surface area contributed by atoms with E-state index in [4.69, 9.17) is 0 Å². The molecule has 1 unspecified atom stereocenters. The van der Waals surface area contributed by atoms with Gasteiger partial charge < -0.3 is 15.3 Å². The lowest BCUT2D eigenvalue weighted by molar-refractivity contribution is 0.199. The third kappa shape index (κ3) is 4.91. The number of fused-ring (bicyclic) bond motifs is 1. The van der Waals surface area contributed by atoms with Crippen LogP contribution >= 0.6 is 12.4 Å². The molecule has 0 aliphatic heterocycles. The molecule has 0 bridgehead atoms. The topological polar surface area (TPSA) is 61.3 Å². The molecule has 0 amide bonds. The van der Waals surface area contributed by atoms with E-state index in [-0.39, 0.29) is 18.2 Å². The summed E-state index contributed by atoms with van der Waals surface area (Å²) >= 11 is 0. The minimum Gasteiger partial charge on any atom is -0.392 e. The predicted octanol–water partition coefficient (Wildman–Crippen LogP) is 3.26. The first-order valence-corrected chi connectivity index (χ1v) is 8.67. The van der Waals surface area contributed by atoms with Gasteiger partial charge in [0.1, 0.15) is 18.0 Å². The minimum absolute atomic E-state index is 0. The molecule has 144 valence electrons. The van der Waals surface area contributed by atoms with Crippen molar-refractivity contribution < 1.29 is 9.50 Å². The lowest BCUT2D eigenvalue weighted by atomic mass is 10.0. The molecular formula is C20H24ClFN4O. The van der Waals surface area contributed by atoms with Gasteiger partial charge in [-0.25, -0.2) is 14.4 Å². The Balaban J connectivity index is 0.00000261. The van der Waals surface area contributed by atoms with Gasteiger partial charge in [-0.3, -0.25) is 0 Å². The van der Waals surface area contributed by atoms with Crippen molar-refractivity contribution in [3.63, 3.8) is 0 Å². The fraction of sp³-hybridized carbons (Fsp3) is 0.300. The number of anilines is 1. The molecule has 7 heteroatoms. The van der Waals surface area contributed by atoms with Crippen LogP contribution in [0.3, 0.4) is 0 Å². The Morgan fingerprint density at radius 2 is 1.89 bits per heavy atom. The summed E-state index contributed by atoms with van der Waals surface area (Å²) in [5.74, 6) is 0.489. The number of likely N-dealkylation sites (N-methyl/N-ethyl adjacent to an activating group) is 1. The van der Waals surface area contributed by atoms with E-state index >= 15 is 0 Å². The van der Waals surface area contributed by atoms with Crippen molar-refractivity contribution in [3.05, 3.63) is 54.6 Å². The maximum absolute atomic E-state index is 14.1. The molecule has 0 spiro atoms. The van der Waals surface area contributed by atoms with E-state index in [1.807, 2.05) is 36.2 Å². The molecule has 0 aliphatic carbocycles. The fourth-order valence-corrected chi connectivity index (χ4v) is 3.02. The van der Waals surface area contributed by atoms with Gasteiger partial charge in [0.15, 0.2) is 0 Å². The van der Waals surface area contributed by atoms with E-state index < -0.39 is 6.10 Å². The Bertz CT molecular complexity index is 891. The molecule has 27 heavy (non-hydrogen) atoms. The zero-order valence-electron chi connectivity index (χ0n) is 15.4. The minimum atomic E-state index is -0.475. The number of nitrogens with zero attached hydrogens (tertiary/aromatic N) is 3. The van der Waals surface area contributed by atoms with Crippen molar-refractivity contribution in [1.29, 1.82) is 0 Å². The molecule has 0 radical (unpaired) electrons. The number of aromatic nitrogens is 2. The highest BCUT2D eigenvalue weighted by molar-refractivity contribution is 5.96.